The average Bonchev–Trinajstić information content (AvgIpc) is 3.20. The normalized spacial score (nSPS) is 19.5. The molecule has 3 aromatic heterocycles. The maximum Gasteiger partial charge on any atom is 0.256 e. The summed E-state index contributed by atoms with van der Waals surface area (Å²) in [5.41, 5.74) is 4.44. The molecule has 1 amide bonds. The predicted octanol–water partition coefficient (Wildman–Crippen LogP) is 4.82. The minimum Gasteiger partial charge on any atom is -0.357 e. The van der Waals surface area contributed by atoms with Crippen LogP contribution in [0.3, 0.4) is 0 Å². The molecular weight excluding hydrogens is 390 g/mol. The number of rotatable bonds is 5. The lowest BCUT2D eigenvalue weighted by Crippen LogP contribution is -2.26. The summed E-state index contributed by atoms with van der Waals surface area (Å²) in [6, 6.07) is 10.1. The maximum absolute atomic E-state index is 12.9. The molecule has 0 spiro atoms. The number of H-pyrrole nitrogens is 1. The Kier molecular flexibility index (Phi) is 4.31. The summed E-state index contributed by atoms with van der Waals surface area (Å²) in [6.07, 6.45) is 6.61. The predicted molar refractivity (Wildman–Crippen MR) is 119 cm³/mol. The molecule has 1 aromatic carbocycles. The van der Waals surface area contributed by atoms with E-state index in [9.17, 15) is 4.79 Å². The van der Waals surface area contributed by atoms with Crippen LogP contribution in [0, 0.1) is 0 Å². The van der Waals surface area contributed by atoms with Crippen LogP contribution in [0.5, 0.6) is 0 Å². The zero-order chi connectivity index (χ0) is 20.9. The number of fused-ring (bicyclic) bond motifs is 2. The SMILES string of the molecule is C[C@H]1CCCN1Cc1cc2cnc(NC(=O)c3ccc4onc(C5CC5)c4c3)cc2[nH]1. The summed E-state index contributed by atoms with van der Waals surface area (Å²) in [6.45, 7) is 4.35. The van der Waals surface area contributed by atoms with Gasteiger partial charge in [-0.3, -0.25) is 9.69 Å². The second kappa shape index (κ2) is 7.20. The first-order valence-corrected chi connectivity index (χ1v) is 11.1. The lowest BCUT2D eigenvalue weighted by molar-refractivity contribution is 0.102. The second-order valence-electron chi connectivity index (χ2n) is 8.92. The van der Waals surface area contributed by atoms with Gasteiger partial charge in [0.1, 0.15) is 5.82 Å². The summed E-state index contributed by atoms with van der Waals surface area (Å²) in [5, 5.41) is 9.11. The molecule has 1 aliphatic carbocycles. The Morgan fingerprint density at radius 2 is 2.16 bits per heavy atom. The van der Waals surface area contributed by atoms with Crippen LogP contribution in [0.2, 0.25) is 0 Å². The molecule has 4 heterocycles. The smallest absolute Gasteiger partial charge is 0.256 e. The third kappa shape index (κ3) is 3.49. The number of benzene rings is 1. The number of anilines is 1. The van der Waals surface area contributed by atoms with Crippen molar-refractivity contribution in [1.82, 2.24) is 20.0 Å². The number of hydrogen-bond acceptors (Lipinski definition) is 5. The highest BCUT2D eigenvalue weighted by atomic mass is 16.5. The molecule has 6 rings (SSSR count). The first-order chi connectivity index (χ1) is 15.1. The van der Waals surface area contributed by atoms with Crippen molar-refractivity contribution < 1.29 is 9.32 Å². The Bertz CT molecular complexity index is 1290. The van der Waals surface area contributed by atoms with Crippen molar-refractivity contribution in [1.29, 1.82) is 0 Å². The molecule has 1 aliphatic heterocycles. The first kappa shape index (κ1) is 18.6. The molecule has 1 saturated carbocycles. The molecule has 0 radical (unpaired) electrons. The third-order valence-corrected chi connectivity index (χ3v) is 6.59. The summed E-state index contributed by atoms with van der Waals surface area (Å²) >= 11 is 0. The van der Waals surface area contributed by atoms with E-state index in [1.54, 1.807) is 6.07 Å². The number of aromatic nitrogens is 3. The monoisotopic (exact) mass is 415 g/mol. The Labute approximate surface area is 179 Å². The average molecular weight is 415 g/mol. The molecule has 0 unspecified atom stereocenters. The number of carbonyl (C=O) groups is 1. The topological polar surface area (TPSA) is 87.1 Å². The highest BCUT2D eigenvalue weighted by Gasteiger charge is 2.29. The van der Waals surface area contributed by atoms with E-state index in [-0.39, 0.29) is 5.91 Å². The van der Waals surface area contributed by atoms with Crippen LogP contribution in [-0.2, 0) is 6.54 Å². The number of nitrogens with zero attached hydrogens (tertiary/aromatic N) is 3. The van der Waals surface area contributed by atoms with Crippen molar-refractivity contribution in [2.24, 2.45) is 0 Å². The number of amides is 1. The van der Waals surface area contributed by atoms with Crippen molar-refractivity contribution in [2.75, 3.05) is 11.9 Å². The van der Waals surface area contributed by atoms with E-state index in [1.165, 1.54) is 18.5 Å². The van der Waals surface area contributed by atoms with Gasteiger partial charge in [0.25, 0.3) is 5.91 Å². The molecule has 1 saturated heterocycles. The van der Waals surface area contributed by atoms with E-state index >= 15 is 0 Å². The van der Waals surface area contributed by atoms with Crippen LogP contribution in [-0.4, -0.2) is 38.5 Å². The molecule has 2 aliphatic rings. The summed E-state index contributed by atoms with van der Waals surface area (Å²) in [5.74, 6) is 0.817. The molecule has 31 heavy (non-hydrogen) atoms. The molecule has 0 bridgehead atoms. The second-order valence-corrected chi connectivity index (χ2v) is 8.92. The van der Waals surface area contributed by atoms with E-state index in [2.05, 4.69) is 38.3 Å². The lowest BCUT2D eigenvalue weighted by atomic mass is 10.1. The third-order valence-electron chi connectivity index (χ3n) is 6.59. The first-order valence-electron chi connectivity index (χ1n) is 11.1. The van der Waals surface area contributed by atoms with E-state index in [0.717, 1.165) is 53.5 Å². The highest BCUT2D eigenvalue weighted by Crippen LogP contribution is 2.42. The Hall–Kier alpha value is -3.19. The summed E-state index contributed by atoms with van der Waals surface area (Å²) in [4.78, 5) is 23.3. The lowest BCUT2D eigenvalue weighted by Gasteiger charge is -2.19. The zero-order valence-electron chi connectivity index (χ0n) is 17.5. The molecule has 4 aromatic rings. The molecule has 7 nitrogen and oxygen atoms in total. The van der Waals surface area contributed by atoms with Crippen molar-refractivity contribution in [2.45, 2.75) is 51.1 Å². The van der Waals surface area contributed by atoms with Gasteiger partial charge in [-0.25, -0.2) is 4.98 Å². The summed E-state index contributed by atoms with van der Waals surface area (Å²) < 4.78 is 5.41. The van der Waals surface area contributed by atoms with Gasteiger partial charge in [0.15, 0.2) is 5.58 Å². The van der Waals surface area contributed by atoms with Crippen molar-refractivity contribution in [3.63, 3.8) is 0 Å². The van der Waals surface area contributed by atoms with Crippen LogP contribution in [0.25, 0.3) is 21.9 Å². The molecule has 1 atom stereocenters. The molecule has 2 fully saturated rings. The van der Waals surface area contributed by atoms with Crippen LogP contribution in [0.15, 0.2) is 41.1 Å². The van der Waals surface area contributed by atoms with Crippen LogP contribution in [0.4, 0.5) is 5.82 Å². The Balaban J connectivity index is 1.22. The Morgan fingerprint density at radius 3 is 2.97 bits per heavy atom. The van der Waals surface area contributed by atoms with Gasteiger partial charge in [0.05, 0.1) is 11.2 Å². The molecular formula is C24H25N5O2. The molecule has 7 heteroatoms. The van der Waals surface area contributed by atoms with Gasteiger partial charge < -0.3 is 14.8 Å². The summed E-state index contributed by atoms with van der Waals surface area (Å²) in [7, 11) is 0. The molecule has 158 valence electrons. The van der Waals surface area contributed by atoms with Crippen molar-refractivity contribution >= 4 is 33.6 Å². The minimum atomic E-state index is -0.186. The largest absolute Gasteiger partial charge is 0.357 e. The quantitative estimate of drug-likeness (QED) is 0.488. The van der Waals surface area contributed by atoms with Crippen LogP contribution < -0.4 is 5.32 Å². The van der Waals surface area contributed by atoms with Crippen molar-refractivity contribution in [3.8, 4) is 0 Å². The molecule has 2 N–H and O–H groups in total. The number of aromatic amines is 1. The zero-order valence-corrected chi connectivity index (χ0v) is 17.5. The van der Waals surface area contributed by atoms with Gasteiger partial charge in [-0.2, -0.15) is 0 Å². The fourth-order valence-corrected chi connectivity index (χ4v) is 4.62. The van der Waals surface area contributed by atoms with Gasteiger partial charge in [-0.1, -0.05) is 5.16 Å². The number of pyridine rings is 1. The number of hydrogen-bond donors (Lipinski definition) is 2. The van der Waals surface area contributed by atoms with E-state index < -0.39 is 0 Å². The van der Waals surface area contributed by atoms with Gasteiger partial charge in [0, 0.05) is 52.8 Å². The fourth-order valence-electron chi connectivity index (χ4n) is 4.62. The van der Waals surface area contributed by atoms with Crippen LogP contribution in [0.1, 0.15) is 60.3 Å². The highest BCUT2D eigenvalue weighted by molar-refractivity contribution is 6.06. The van der Waals surface area contributed by atoms with Crippen molar-refractivity contribution in [3.05, 3.63) is 53.5 Å². The van der Waals surface area contributed by atoms with Gasteiger partial charge in [-0.15, -0.1) is 0 Å². The maximum atomic E-state index is 12.9. The standard InChI is InChI=1S/C24H25N5O2/c1-14-3-2-8-29(14)13-18-9-17-12-25-22(11-20(17)26-18)27-24(30)16-6-7-21-19(10-16)23(28-31-21)15-4-5-15/h6-7,9-12,14-15,26H,2-5,8,13H2,1H3,(H,25,27,30)/t14-/m0/s1. The van der Waals surface area contributed by atoms with Gasteiger partial charge >= 0.3 is 0 Å². The fraction of sp³-hybridized carbons (Fsp3) is 0.375. The number of likely N-dealkylation sites (tertiary alicyclic amines) is 1. The van der Waals surface area contributed by atoms with E-state index in [4.69, 9.17) is 4.52 Å². The van der Waals surface area contributed by atoms with Gasteiger partial charge in [0.2, 0.25) is 0 Å². The minimum absolute atomic E-state index is 0.186. The number of carbonyl (C=O) groups excluding carboxylic acids is 1. The number of nitrogens with one attached hydrogen (secondary N) is 2. The van der Waals surface area contributed by atoms with Crippen LogP contribution >= 0.6 is 0 Å². The van der Waals surface area contributed by atoms with E-state index in [0.29, 0.717) is 23.3 Å². The Morgan fingerprint density at radius 1 is 1.26 bits per heavy atom. The van der Waals surface area contributed by atoms with Gasteiger partial charge in [-0.05, 0) is 63.4 Å². The van der Waals surface area contributed by atoms with E-state index in [1.807, 2.05) is 24.4 Å².